The summed E-state index contributed by atoms with van der Waals surface area (Å²) in [6.45, 7) is 1.08. The molecule has 2 aromatic rings. The molecule has 26 heavy (non-hydrogen) atoms. The van der Waals surface area contributed by atoms with E-state index in [1.165, 1.54) is 5.56 Å². The molecule has 0 bridgehead atoms. The van der Waals surface area contributed by atoms with Crippen molar-refractivity contribution in [2.45, 2.75) is 38.0 Å². The number of carbonyl (C=O) groups is 1. The van der Waals surface area contributed by atoms with E-state index in [4.69, 9.17) is 9.47 Å². The van der Waals surface area contributed by atoms with E-state index in [0.29, 0.717) is 19.1 Å². The van der Waals surface area contributed by atoms with E-state index < -0.39 is 0 Å². The maximum Gasteiger partial charge on any atom is 0.318 e. The van der Waals surface area contributed by atoms with Gasteiger partial charge in [0.25, 0.3) is 0 Å². The number of hydrogen-bond donors (Lipinski definition) is 1. The summed E-state index contributed by atoms with van der Waals surface area (Å²) in [6, 6.07) is 16.2. The van der Waals surface area contributed by atoms with Gasteiger partial charge in [-0.2, -0.15) is 0 Å². The van der Waals surface area contributed by atoms with Gasteiger partial charge >= 0.3 is 6.03 Å². The third-order valence-corrected chi connectivity index (χ3v) is 4.98. The van der Waals surface area contributed by atoms with Gasteiger partial charge in [-0.15, -0.1) is 0 Å². The Kier molecular flexibility index (Phi) is 4.69. The number of amides is 2. The van der Waals surface area contributed by atoms with Crippen LogP contribution in [0.1, 0.15) is 24.0 Å². The zero-order valence-electron chi connectivity index (χ0n) is 15.0. The number of fused-ring (bicyclic) bond motifs is 1. The maximum absolute atomic E-state index is 12.8. The molecule has 0 radical (unpaired) electrons. The van der Waals surface area contributed by atoms with Gasteiger partial charge in [0.1, 0.15) is 17.6 Å². The number of nitrogens with one attached hydrogen (secondary N) is 1. The Morgan fingerprint density at radius 2 is 1.96 bits per heavy atom. The number of hydrogen-bond acceptors (Lipinski definition) is 3. The molecular weight excluding hydrogens is 328 g/mol. The summed E-state index contributed by atoms with van der Waals surface area (Å²) in [7, 11) is 1.66. The van der Waals surface area contributed by atoms with Crippen molar-refractivity contribution >= 4 is 6.03 Å². The highest BCUT2D eigenvalue weighted by molar-refractivity contribution is 5.75. The summed E-state index contributed by atoms with van der Waals surface area (Å²) in [6.07, 6.45) is 2.97. The Morgan fingerprint density at radius 3 is 2.73 bits per heavy atom. The second-order valence-corrected chi connectivity index (χ2v) is 6.91. The number of urea groups is 1. The lowest BCUT2D eigenvalue weighted by molar-refractivity contribution is 0.179. The molecule has 4 rings (SSSR count). The molecule has 1 N–H and O–H groups in total. The Labute approximate surface area is 153 Å². The Bertz CT molecular complexity index is 763. The maximum atomic E-state index is 12.8. The first-order valence-corrected chi connectivity index (χ1v) is 9.15. The molecular formula is C21H24N2O3. The topological polar surface area (TPSA) is 50.8 Å². The van der Waals surface area contributed by atoms with Gasteiger partial charge in [-0.3, -0.25) is 0 Å². The van der Waals surface area contributed by atoms with E-state index >= 15 is 0 Å². The first-order chi connectivity index (χ1) is 12.7. The molecule has 1 saturated carbocycles. The molecule has 0 aromatic heterocycles. The Balaban J connectivity index is 1.36. The van der Waals surface area contributed by atoms with E-state index in [2.05, 4.69) is 11.4 Å². The van der Waals surface area contributed by atoms with Gasteiger partial charge in [0.15, 0.2) is 0 Å². The van der Waals surface area contributed by atoms with Crippen molar-refractivity contribution in [3.05, 3.63) is 59.7 Å². The van der Waals surface area contributed by atoms with Crippen LogP contribution in [0.2, 0.25) is 0 Å². The first-order valence-electron chi connectivity index (χ1n) is 9.15. The zero-order chi connectivity index (χ0) is 17.9. The van der Waals surface area contributed by atoms with Gasteiger partial charge in [0.2, 0.25) is 0 Å². The van der Waals surface area contributed by atoms with Crippen LogP contribution in [0.15, 0.2) is 48.5 Å². The van der Waals surface area contributed by atoms with Crippen LogP contribution in [0, 0.1) is 0 Å². The molecule has 5 nitrogen and oxygen atoms in total. The molecule has 1 aliphatic heterocycles. The zero-order valence-corrected chi connectivity index (χ0v) is 15.0. The number of nitrogens with zero attached hydrogens (tertiary/aromatic N) is 1. The standard InChI is InChI=1S/C21H24N2O3/c1-25-19-8-4-3-7-16(19)14-23(17-10-11-17)21(24)22-13-18-12-15-6-2-5-9-20(15)26-18/h2-9,17-18H,10-14H2,1H3,(H,22,24). The van der Waals surface area contributed by atoms with E-state index in [0.717, 1.165) is 36.3 Å². The summed E-state index contributed by atoms with van der Waals surface area (Å²) >= 11 is 0. The van der Waals surface area contributed by atoms with Crippen molar-refractivity contribution in [1.82, 2.24) is 10.2 Å². The number of para-hydroxylation sites is 2. The SMILES string of the molecule is COc1ccccc1CN(C(=O)NCC1Cc2ccccc2O1)C1CC1. The summed E-state index contributed by atoms with van der Waals surface area (Å²) < 4.78 is 11.3. The van der Waals surface area contributed by atoms with Crippen LogP contribution in [0.5, 0.6) is 11.5 Å². The second-order valence-electron chi connectivity index (χ2n) is 6.91. The van der Waals surface area contributed by atoms with E-state index in [9.17, 15) is 4.79 Å². The summed E-state index contributed by atoms with van der Waals surface area (Å²) in [5, 5.41) is 3.06. The minimum absolute atomic E-state index is 0.00339. The second kappa shape index (κ2) is 7.28. The minimum atomic E-state index is -0.0297. The molecule has 1 aliphatic carbocycles. The van der Waals surface area contributed by atoms with Crippen molar-refractivity contribution in [2.75, 3.05) is 13.7 Å². The summed E-state index contributed by atoms with van der Waals surface area (Å²) in [5.41, 5.74) is 2.24. The van der Waals surface area contributed by atoms with Gasteiger partial charge in [-0.1, -0.05) is 36.4 Å². The highest BCUT2D eigenvalue weighted by Crippen LogP contribution is 2.31. The lowest BCUT2D eigenvalue weighted by Crippen LogP contribution is -2.44. The molecule has 1 unspecified atom stereocenters. The average Bonchev–Trinajstić information content (AvgIpc) is 3.42. The van der Waals surface area contributed by atoms with Crippen molar-refractivity contribution in [3.8, 4) is 11.5 Å². The number of rotatable bonds is 6. The summed E-state index contributed by atoms with van der Waals surface area (Å²) in [5.74, 6) is 1.75. The molecule has 0 spiro atoms. The molecule has 1 atom stereocenters. The summed E-state index contributed by atoms with van der Waals surface area (Å²) in [4.78, 5) is 14.7. The smallest absolute Gasteiger partial charge is 0.318 e. The van der Waals surface area contributed by atoms with Crippen LogP contribution in [0.3, 0.4) is 0 Å². The van der Waals surface area contributed by atoms with Crippen molar-refractivity contribution < 1.29 is 14.3 Å². The van der Waals surface area contributed by atoms with E-state index in [-0.39, 0.29) is 12.1 Å². The lowest BCUT2D eigenvalue weighted by Gasteiger charge is -2.24. The first kappa shape index (κ1) is 16.8. The van der Waals surface area contributed by atoms with Crippen molar-refractivity contribution in [1.29, 1.82) is 0 Å². The number of methoxy groups -OCH3 is 1. The molecule has 1 fully saturated rings. The third-order valence-electron chi connectivity index (χ3n) is 4.98. The van der Waals surface area contributed by atoms with Crippen LogP contribution in [0.4, 0.5) is 4.79 Å². The number of carbonyl (C=O) groups excluding carboxylic acids is 1. The molecule has 2 amide bonds. The van der Waals surface area contributed by atoms with Crippen LogP contribution in [-0.2, 0) is 13.0 Å². The fourth-order valence-electron chi connectivity index (χ4n) is 3.44. The van der Waals surface area contributed by atoms with Crippen LogP contribution in [0.25, 0.3) is 0 Å². The fourth-order valence-corrected chi connectivity index (χ4v) is 3.44. The predicted molar refractivity (Wildman–Crippen MR) is 99.5 cm³/mol. The highest BCUT2D eigenvalue weighted by atomic mass is 16.5. The number of ether oxygens (including phenoxy) is 2. The van der Waals surface area contributed by atoms with Gasteiger partial charge < -0.3 is 19.7 Å². The third kappa shape index (κ3) is 3.62. The van der Waals surface area contributed by atoms with Gasteiger partial charge in [0.05, 0.1) is 20.2 Å². The van der Waals surface area contributed by atoms with Gasteiger partial charge in [-0.25, -0.2) is 4.79 Å². The Morgan fingerprint density at radius 1 is 1.19 bits per heavy atom. The molecule has 5 heteroatoms. The van der Waals surface area contributed by atoms with Crippen LogP contribution >= 0.6 is 0 Å². The monoisotopic (exact) mass is 352 g/mol. The fraction of sp³-hybridized carbons (Fsp3) is 0.381. The number of benzene rings is 2. The van der Waals surface area contributed by atoms with Gasteiger partial charge in [0, 0.05) is 18.0 Å². The van der Waals surface area contributed by atoms with Crippen molar-refractivity contribution in [2.24, 2.45) is 0 Å². The van der Waals surface area contributed by atoms with Gasteiger partial charge in [-0.05, 0) is 30.5 Å². The Hall–Kier alpha value is -2.69. The highest BCUT2D eigenvalue weighted by Gasteiger charge is 2.33. The molecule has 1 heterocycles. The minimum Gasteiger partial charge on any atom is -0.496 e. The normalized spacial score (nSPS) is 18.0. The average molecular weight is 352 g/mol. The largest absolute Gasteiger partial charge is 0.496 e. The predicted octanol–water partition coefficient (Wildman–Crippen LogP) is 3.37. The lowest BCUT2D eigenvalue weighted by atomic mass is 10.1. The molecule has 0 saturated heterocycles. The van der Waals surface area contributed by atoms with Crippen LogP contribution < -0.4 is 14.8 Å². The molecule has 2 aliphatic rings. The van der Waals surface area contributed by atoms with Crippen LogP contribution in [-0.4, -0.2) is 36.7 Å². The van der Waals surface area contributed by atoms with E-state index in [1.54, 1.807) is 7.11 Å². The molecule has 2 aromatic carbocycles. The molecule has 136 valence electrons. The van der Waals surface area contributed by atoms with Crippen molar-refractivity contribution in [3.63, 3.8) is 0 Å². The van der Waals surface area contributed by atoms with E-state index in [1.807, 2.05) is 47.4 Å². The quantitative estimate of drug-likeness (QED) is 0.867.